The Hall–Kier alpha value is -1.69. The number of piperidine rings is 1. The van der Waals surface area contributed by atoms with Gasteiger partial charge in [0.1, 0.15) is 10.8 Å². The van der Waals surface area contributed by atoms with Crippen LogP contribution in [0.3, 0.4) is 0 Å². The van der Waals surface area contributed by atoms with Gasteiger partial charge < -0.3 is 10.2 Å². The number of amides is 2. The summed E-state index contributed by atoms with van der Waals surface area (Å²) in [5, 5.41) is 2.90. The number of hydrogen-bond acceptors (Lipinski definition) is 4. The predicted octanol–water partition coefficient (Wildman–Crippen LogP) is 0.728. The molecular formula is C12H15ClN4O2. The molecule has 102 valence electrons. The molecule has 6 nitrogen and oxygen atoms in total. The van der Waals surface area contributed by atoms with Crippen molar-refractivity contribution in [2.45, 2.75) is 12.8 Å². The molecule has 1 aromatic heterocycles. The molecule has 0 radical (unpaired) electrons. The lowest BCUT2D eigenvalue weighted by Crippen LogP contribution is -2.42. The highest BCUT2D eigenvalue weighted by molar-refractivity contribution is 6.29. The van der Waals surface area contributed by atoms with Gasteiger partial charge in [-0.15, -0.1) is 0 Å². The largest absolute Gasteiger partial charge is 0.359 e. The molecule has 0 saturated carbocycles. The molecule has 1 N–H and O–H groups in total. The molecule has 0 unspecified atom stereocenters. The van der Waals surface area contributed by atoms with Crippen LogP contribution in [0.1, 0.15) is 23.3 Å². The second kappa shape index (κ2) is 5.97. The third-order valence-corrected chi connectivity index (χ3v) is 3.43. The van der Waals surface area contributed by atoms with E-state index in [1.807, 2.05) is 0 Å². The molecule has 2 amide bonds. The molecule has 0 spiro atoms. The molecule has 1 fully saturated rings. The summed E-state index contributed by atoms with van der Waals surface area (Å²) in [5.74, 6) is -0.136. The van der Waals surface area contributed by atoms with Gasteiger partial charge in [0.2, 0.25) is 5.91 Å². The molecule has 2 rings (SSSR count). The number of rotatable bonds is 2. The zero-order chi connectivity index (χ0) is 13.8. The van der Waals surface area contributed by atoms with Gasteiger partial charge in [-0.05, 0) is 12.8 Å². The Labute approximate surface area is 116 Å². The molecule has 1 aliphatic heterocycles. The number of aromatic nitrogens is 2. The monoisotopic (exact) mass is 282 g/mol. The van der Waals surface area contributed by atoms with E-state index in [9.17, 15) is 9.59 Å². The number of hydrogen-bond donors (Lipinski definition) is 1. The highest BCUT2D eigenvalue weighted by Gasteiger charge is 2.27. The fourth-order valence-electron chi connectivity index (χ4n) is 2.13. The first-order valence-electron chi connectivity index (χ1n) is 6.10. The Morgan fingerprint density at radius 3 is 2.53 bits per heavy atom. The van der Waals surface area contributed by atoms with Crippen molar-refractivity contribution in [1.82, 2.24) is 20.2 Å². The maximum Gasteiger partial charge on any atom is 0.274 e. The molecule has 2 heterocycles. The lowest BCUT2D eigenvalue weighted by molar-refractivity contribution is -0.125. The lowest BCUT2D eigenvalue weighted by atomic mass is 9.96. The fourth-order valence-corrected chi connectivity index (χ4v) is 2.23. The van der Waals surface area contributed by atoms with E-state index in [2.05, 4.69) is 15.3 Å². The van der Waals surface area contributed by atoms with Crippen LogP contribution in [0.2, 0.25) is 5.15 Å². The smallest absolute Gasteiger partial charge is 0.274 e. The molecule has 0 aliphatic carbocycles. The summed E-state index contributed by atoms with van der Waals surface area (Å²) in [4.78, 5) is 33.1. The van der Waals surface area contributed by atoms with Crippen LogP contribution in [0, 0.1) is 5.92 Å². The quantitative estimate of drug-likeness (QED) is 0.868. The van der Waals surface area contributed by atoms with Crippen molar-refractivity contribution in [2.75, 3.05) is 20.1 Å². The Morgan fingerprint density at radius 1 is 1.32 bits per heavy atom. The summed E-state index contributed by atoms with van der Waals surface area (Å²) < 4.78 is 0. The average molecular weight is 283 g/mol. The van der Waals surface area contributed by atoms with Crippen LogP contribution < -0.4 is 5.32 Å². The Balaban J connectivity index is 1.96. The standard InChI is InChI=1S/C12H15ClN4O2/c1-14-11(18)8-2-4-17(5-3-8)12(19)9-6-16-10(13)7-15-9/h6-8H,2-5H2,1H3,(H,14,18). The molecule has 1 saturated heterocycles. The first kappa shape index (κ1) is 13.7. The number of halogens is 1. The molecule has 1 aliphatic rings. The molecule has 0 atom stereocenters. The SMILES string of the molecule is CNC(=O)C1CCN(C(=O)c2cnc(Cl)cn2)CC1. The zero-order valence-electron chi connectivity index (χ0n) is 10.6. The van der Waals surface area contributed by atoms with Crippen molar-refractivity contribution in [3.05, 3.63) is 23.2 Å². The maximum absolute atomic E-state index is 12.1. The van der Waals surface area contributed by atoms with Crippen molar-refractivity contribution in [3.8, 4) is 0 Å². The first-order chi connectivity index (χ1) is 9.11. The third kappa shape index (κ3) is 3.20. The van der Waals surface area contributed by atoms with Gasteiger partial charge in [-0.2, -0.15) is 0 Å². The van der Waals surface area contributed by atoms with Gasteiger partial charge in [0, 0.05) is 26.1 Å². The number of likely N-dealkylation sites (tertiary alicyclic amines) is 1. The van der Waals surface area contributed by atoms with E-state index in [0.29, 0.717) is 25.9 Å². The second-order valence-electron chi connectivity index (χ2n) is 4.41. The molecule has 1 aromatic rings. The van der Waals surface area contributed by atoms with Gasteiger partial charge in [0.25, 0.3) is 5.91 Å². The van der Waals surface area contributed by atoms with Crippen LogP contribution in [0.15, 0.2) is 12.4 Å². The van der Waals surface area contributed by atoms with Crippen LogP contribution in [-0.2, 0) is 4.79 Å². The molecule has 19 heavy (non-hydrogen) atoms. The molecule has 0 bridgehead atoms. The normalized spacial score (nSPS) is 16.2. The van der Waals surface area contributed by atoms with E-state index in [-0.39, 0.29) is 28.6 Å². The van der Waals surface area contributed by atoms with Crippen LogP contribution in [-0.4, -0.2) is 46.8 Å². The highest BCUT2D eigenvalue weighted by atomic mass is 35.5. The fraction of sp³-hybridized carbons (Fsp3) is 0.500. The molecule has 0 aromatic carbocycles. The van der Waals surface area contributed by atoms with Gasteiger partial charge in [0.05, 0.1) is 12.4 Å². The first-order valence-corrected chi connectivity index (χ1v) is 6.48. The number of nitrogens with one attached hydrogen (secondary N) is 1. The molecular weight excluding hydrogens is 268 g/mol. The Morgan fingerprint density at radius 2 is 2.00 bits per heavy atom. The van der Waals surface area contributed by atoms with Crippen molar-refractivity contribution in [2.24, 2.45) is 5.92 Å². The average Bonchev–Trinajstić information content (AvgIpc) is 2.46. The zero-order valence-corrected chi connectivity index (χ0v) is 11.4. The van der Waals surface area contributed by atoms with Gasteiger partial charge in [-0.1, -0.05) is 11.6 Å². The van der Waals surface area contributed by atoms with Crippen LogP contribution in [0.25, 0.3) is 0 Å². The van der Waals surface area contributed by atoms with Crippen molar-refractivity contribution >= 4 is 23.4 Å². The summed E-state index contributed by atoms with van der Waals surface area (Å²) >= 11 is 5.63. The van der Waals surface area contributed by atoms with E-state index in [1.165, 1.54) is 12.4 Å². The van der Waals surface area contributed by atoms with E-state index in [0.717, 1.165) is 0 Å². The Bertz CT molecular complexity index is 469. The minimum absolute atomic E-state index is 0.00893. The highest BCUT2D eigenvalue weighted by Crippen LogP contribution is 2.18. The van der Waals surface area contributed by atoms with E-state index >= 15 is 0 Å². The topological polar surface area (TPSA) is 75.2 Å². The van der Waals surface area contributed by atoms with E-state index in [4.69, 9.17) is 11.6 Å². The predicted molar refractivity (Wildman–Crippen MR) is 69.7 cm³/mol. The van der Waals surface area contributed by atoms with Crippen molar-refractivity contribution < 1.29 is 9.59 Å². The third-order valence-electron chi connectivity index (χ3n) is 3.24. The number of carbonyl (C=O) groups excluding carboxylic acids is 2. The van der Waals surface area contributed by atoms with E-state index in [1.54, 1.807) is 11.9 Å². The van der Waals surface area contributed by atoms with Crippen LogP contribution >= 0.6 is 11.6 Å². The van der Waals surface area contributed by atoms with Gasteiger partial charge in [-0.3, -0.25) is 9.59 Å². The molecule has 7 heteroatoms. The lowest BCUT2D eigenvalue weighted by Gasteiger charge is -2.30. The Kier molecular flexibility index (Phi) is 4.31. The van der Waals surface area contributed by atoms with Gasteiger partial charge in [0.15, 0.2) is 0 Å². The van der Waals surface area contributed by atoms with Crippen LogP contribution in [0.4, 0.5) is 0 Å². The number of carbonyl (C=O) groups is 2. The van der Waals surface area contributed by atoms with E-state index < -0.39 is 0 Å². The maximum atomic E-state index is 12.1. The summed E-state index contributed by atoms with van der Waals surface area (Å²) in [6, 6.07) is 0. The van der Waals surface area contributed by atoms with Crippen molar-refractivity contribution in [3.63, 3.8) is 0 Å². The second-order valence-corrected chi connectivity index (χ2v) is 4.79. The summed E-state index contributed by atoms with van der Waals surface area (Å²) in [6.07, 6.45) is 4.07. The minimum Gasteiger partial charge on any atom is -0.359 e. The van der Waals surface area contributed by atoms with Gasteiger partial charge >= 0.3 is 0 Å². The minimum atomic E-state index is -0.167. The van der Waals surface area contributed by atoms with Gasteiger partial charge in [-0.25, -0.2) is 9.97 Å². The number of nitrogens with zero attached hydrogens (tertiary/aromatic N) is 3. The summed E-state index contributed by atoms with van der Waals surface area (Å²) in [6.45, 7) is 1.11. The summed E-state index contributed by atoms with van der Waals surface area (Å²) in [7, 11) is 1.63. The van der Waals surface area contributed by atoms with Crippen molar-refractivity contribution in [1.29, 1.82) is 0 Å². The summed E-state index contributed by atoms with van der Waals surface area (Å²) in [5.41, 5.74) is 0.280. The van der Waals surface area contributed by atoms with Crippen LogP contribution in [0.5, 0.6) is 0 Å².